The summed E-state index contributed by atoms with van der Waals surface area (Å²) >= 11 is 3.53. The highest BCUT2D eigenvalue weighted by Crippen LogP contribution is 2.22. The molecule has 2 aromatic rings. The second-order valence-electron chi connectivity index (χ2n) is 5.55. The van der Waals surface area contributed by atoms with Crippen LogP contribution in [0.5, 0.6) is 0 Å². The molecule has 6 heteroatoms. The normalized spacial score (nSPS) is 11.6. The van der Waals surface area contributed by atoms with Crippen LogP contribution in [0.4, 0.5) is 0 Å². The summed E-state index contributed by atoms with van der Waals surface area (Å²) in [4.78, 5) is 11.7. The van der Waals surface area contributed by atoms with Crippen molar-refractivity contribution < 1.29 is 0 Å². The van der Waals surface area contributed by atoms with Crippen molar-refractivity contribution in [2.24, 2.45) is 4.99 Å². The molecule has 1 aromatic heterocycles. The molecule has 0 radical (unpaired) electrons. The molecule has 0 fully saturated rings. The number of aryl methyl sites for hydroxylation is 2. The van der Waals surface area contributed by atoms with Crippen molar-refractivity contribution in [2.75, 3.05) is 19.3 Å². The summed E-state index contributed by atoms with van der Waals surface area (Å²) in [5, 5.41) is 7.87. The van der Waals surface area contributed by atoms with Gasteiger partial charge < -0.3 is 10.6 Å². The number of benzene rings is 1. The lowest BCUT2D eigenvalue weighted by Gasteiger charge is -2.12. The number of thioether (sulfide) groups is 1. The number of aliphatic imine (C=N–C) groups is 1. The Morgan fingerprint density at radius 1 is 1.29 bits per heavy atom. The Hall–Kier alpha value is -1.53. The van der Waals surface area contributed by atoms with E-state index in [1.54, 1.807) is 23.1 Å². The zero-order chi connectivity index (χ0) is 17.4. The van der Waals surface area contributed by atoms with E-state index < -0.39 is 0 Å². The second kappa shape index (κ2) is 9.69. The van der Waals surface area contributed by atoms with Gasteiger partial charge in [-0.05, 0) is 44.2 Å². The summed E-state index contributed by atoms with van der Waals surface area (Å²) in [6.45, 7) is 8.67. The van der Waals surface area contributed by atoms with Crippen LogP contribution in [-0.4, -0.2) is 30.3 Å². The highest BCUT2D eigenvalue weighted by molar-refractivity contribution is 7.98. The fraction of sp³-hybridized carbons (Fsp3) is 0.444. The number of rotatable bonds is 7. The van der Waals surface area contributed by atoms with Gasteiger partial charge in [0, 0.05) is 35.5 Å². The maximum absolute atomic E-state index is 4.72. The van der Waals surface area contributed by atoms with Crippen LogP contribution in [0, 0.1) is 13.8 Å². The smallest absolute Gasteiger partial charge is 0.191 e. The first-order valence-electron chi connectivity index (χ1n) is 8.19. The van der Waals surface area contributed by atoms with Crippen molar-refractivity contribution in [3.8, 4) is 0 Å². The van der Waals surface area contributed by atoms with Crippen molar-refractivity contribution in [1.82, 2.24) is 15.6 Å². The van der Waals surface area contributed by atoms with Gasteiger partial charge >= 0.3 is 0 Å². The van der Waals surface area contributed by atoms with Crippen molar-refractivity contribution in [3.63, 3.8) is 0 Å². The third-order valence-electron chi connectivity index (χ3n) is 3.49. The first kappa shape index (κ1) is 18.8. The average molecular weight is 363 g/mol. The number of nitrogens with one attached hydrogen (secondary N) is 2. The Kier molecular flexibility index (Phi) is 7.59. The monoisotopic (exact) mass is 362 g/mol. The lowest BCUT2D eigenvalue weighted by molar-refractivity contribution is 0.795. The van der Waals surface area contributed by atoms with Crippen LogP contribution in [0.2, 0.25) is 0 Å². The molecular weight excluding hydrogens is 336 g/mol. The van der Waals surface area contributed by atoms with Gasteiger partial charge in [0.15, 0.2) is 5.96 Å². The summed E-state index contributed by atoms with van der Waals surface area (Å²) in [5.41, 5.74) is 2.55. The van der Waals surface area contributed by atoms with E-state index in [-0.39, 0.29) is 0 Å². The lowest BCUT2D eigenvalue weighted by Crippen LogP contribution is -2.38. The van der Waals surface area contributed by atoms with E-state index in [0.29, 0.717) is 6.54 Å². The molecule has 1 heterocycles. The maximum atomic E-state index is 4.72. The Balaban J connectivity index is 1.94. The van der Waals surface area contributed by atoms with Gasteiger partial charge in [-0.25, -0.2) is 9.98 Å². The Morgan fingerprint density at radius 3 is 2.79 bits per heavy atom. The molecular formula is C18H26N4S2. The van der Waals surface area contributed by atoms with Gasteiger partial charge in [0.2, 0.25) is 0 Å². The van der Waals surface area contributed by atoms with Gasteiger partial charge in [0.25, 0.3) is 0 Å². The minimum Gasteiger partial charge on any atom is -0.357 e. The summed E-state index contributed by atoms with van der Waals surface area (Å²) < 4.78 is 0. The summed E-state index contributed by atoms with van der Waals surface area (Å²) in [5.74, 6) is 0.860. The molecule has 0 unspecified atom stereocenters. The van der Waals surface area contributed by atoms with Crippen LogP contribution in [0.3, 0.4) is 0 Å². The summed E-state index contributed by atoms with van der Waals surface area (Å²) in [7, 11) is 0. The topological polar surface area (TPSA) is 49.3 Å². The number of aromatic nitrogens is 1. The predicted molar refractivity (Wildman–Crippen MR) is 106 cm³/mol. The van der Waals surface area contributed by atoms with Crippen LogP contribution in [0.1, 0.15) is 27.9 Å². The van der Waals surface area contributed by atoms with Crippen LogP contribution < -0.4 is 10.6 Å². The van der Waals surface area contributed by atoms with E-state index in [4.69, 9.17) is 4.99 Å². The van der Waals surface area contributed by atoms with Crippen LogP contribution in [0.15, 0.2) is 34.3 Å². The van der Waals surface area contributed by atoms with E-state index in [9.17, 15) is 0 Å². The fourth-order valence-corrected chi connectivity index (χ4v) is 3.78. The Bertz CT molecular complexity index is 679. The quantitative estimate of drug-likeness (QED) is 0.447. The third-order valence-corrected chi connectivity index (χ3v) is 5.29. The molecule has 2 N–H and O–H groups in total. The van der Waals surface area contributed by atoms with E-state index in [1.807, 2.05) is 6.20 Å². The molecule has 0 amide bonds. The van der Waals surface area contributed by atoms with E-state index in [1.165, 1.54) is 25.9 Å². The molecule has 130 valence electrons. The van der Waals surface area contributed by atoms with Gasteiger partial charge in [-0.2, -0.15) is 0 Å². The average Bonchev–Trinajstić information content (AvgIpc) is 2.98. The number of thiazole rings is 1. The zero-order valence-corrected chi connectivity index (χ0v) is 16.5. The van der Waals surface area contributed by atoms with Crippen molar-refractivity contribution in [2.45, 2.75) is 38.6 Å². The number of guanidine groups is 1. The van der Waals surface area contributed by atoms with E-state index >= 15 is 0 Å². The number of nitrogens with zero attached hydrogens (tertiary/aromatic N) is 2. The highest BCUT2D eigenvalue weighted by Gasteiger charge is 2.04. The molecule has 0 aliphatic heterocycles. The van der Waals surface area contributed by atoms with Crippen LogP contribution in [-0.2, 0) is 13.0 Å². The van der Waals surface area contributed by atoms with Gasteiger partial charge in [-0.15, -0.1) is 23.1 Å². The molecule has 0 atom stereocenters. The van der Waals surface area contributed by atoms with Crippen molar-refractivity contribution in [3.05, 3.63) is 45.4 Å². The summed E-state index contributed by atoms with van der Waals surface area (Å²) in [6, 6.07) is 6.54. The summed E-state index contributed by atoms with van der Waals surface area (Å²) in [6.07, 6.45) is 4.96. The van der Waals surface area contributed by atoms with E-state index in [2.05, 4.69) is 60.8 Å². The third kappa shape index (κ3) is 5.83. The minimum absolute atomic E-state index is 0.683. The Labute approximate surface area is 153 Å². The largest absolute Gasteiger partial charge is 0.357 e. The lowest BCUT2D eigenvalue weighted by atomic mass is 10.1. The molecule has 0 aliphatic rings. The minimum atomic E-state index is 0.683. The van der Waals surface area contributed by atoms with Gasteiger partial charge in [-0.3, -0.25) is 0 Å². The molecule has 0 aliphatic carbocycles. The molecule has 0 saturated heterocycles. The first-order chi connectivity index (χ1) is 11.6. The highest BCUT2D eigenvalue weighted by atomic mass is 32.2. The van der Waals surface area contributed by atoms with Crippen LogP contribution in [0.25, 0.3) is 0 Å². The van der Waals surface area contributed by atoms with E-state index in [0.717, 1.165) is 25.5 Å². The van der Waals surface area contributed by atoms with Crippen molar-refractivity contribution in [1.29, 1.82) is 0 Å². The predicted octanol–water partition coefficient (Wildman–Crippen LogP) is 3.78. The first-order valence-corrected chi connectivity index (χ1v) is 10.2. The SMILES string of the molecule is CCNC(=NCc1ccc(C)cc1SC)NCCc1ncc(C)s1. The maximum Gasteiger partial charge on any atom is 0.191 e. The number of hydrogen-bond acceptors (Lipinski definition) is 4. The number of hydrogen-bond donors (Lipinski definition) is 2. The Morgan fingerprint density at radius 2 is 2.12 bits per heavy atom. The fourth-order valence-electron chi connectivity index (χ4n) is 2.29. The molecule has 24 heavy (non-hydrogen) atoms. The molecule has 0 bridgehead atoms. The zero-order valence-electron chi connectivity index (χ0n) is 14.8. The molecule has 4 nitrogen and oxygen atoms in total. The second-order valence-corrected chi connectivity index (χ2v) is 7.72. The van der Waals surface area contributed by atoms with Gasteiger partial charge in [0.05, 0.1) is 11.6 Å². The van der Waals surface area contributed by atoms with Crippen LogP contribution >= 0.6 is 23.1 Å². The molecule has 1 aromatic carbocycles. The molecule has 0 saturated carbocycles. The molecule has 0 spiro atoms. The van der Waals surface area contributed by atoms with Gasteiger partial charge in [0.1, 0.15) is 0 Å². The molecule has 2 rings (SSSR count). The van der Waals surface area contributed by atoms with Gasteiger partial charge in [-0.1, -0.05) is 12.1 Å². The standard InChI is InChI=1S/C18H26N4S2/c1-5-19-18(20-9-8-17-21-11-14(3)24-17)22-12-15-7-6-13(2)10-16(15)23-4/h6-7,10-11H,5,8-9,12H2,1-4H3,(H2,19,20,22). The van der Waals surface area contributed by atoms with Crippen molar-refractivity contribution >= 4 is 29.1 Å².